The first kappa shape index (κ1) is 12.4. The summed E-state index contributed by atoms with van der Waals surface area (Å²) in [6.45, 7) is 0. The van der Waals surface area contributed by atoms with E-state index in [9.17, 15) is 4.79 Å². The van der Waals surface area contributed by atoms with Crippen LogP contribution in [0.1, 0.15) is 18.0 Å². The van der Waals surface area contributed by atoms with Crippen molar-refractivity contribution in [2.24, 2.45) is 11.5 Å². The summed E-state index contributed by atoms with van der Waals surface area (Å²) in [5, 5.41) is 2.05. The molecule has 0 bridgehead atoms. The van der Waals surface area contributed by atoms with Gasteiger partial charge in [0.1, 0.15) is 5.75 Å². The second-order valence-electron chi connectivity index (χ2n) is 4.18. The molecular formula is C14H16N2O2. The minimum atomic E-state index is -0.455. The van der Waals surface area contributed by atoms with Crippen LogP contribution < -0.4 is 16.2 Å². The van der Waals surface area contributed by atoms with Crippen molar-refractivity contribution < 1.29 is 9.53 Å². The van der Waals surface area contributed by atoms with Gasteiger partial charge >= 0.3 is 0 Å². The number of nitrogens with two attached hydrogens (primary N) is 2. The summed E-state index contributed by atoms with van der Waals surface area (Å²) in [7, 11) is 1.59. The molecule has 2 aromatic carbocycles. The Labute approximate surface area is 106 Å². The average molecular weight is 244 g/mol. The number of ether oxygens (including phenoxy) is 1. The van der Waals surface area contributed by atoms with Crippen molar-refractivity contribution in [1.82, 2.24) is 0 Å². The number of methoxy groups -OCH3 is 1. The molecule has 0 spiro atoms. The molecule has 0 heterocycles. The van der Waals surface area contributed by atoms with E-state index < -0.39 is 11.9 Å². The van der Waals surface area contributed by atoms with Crippen molar-refractivity contribution in [3.8, 4) is 5.75 Å². The number of hydrogen-bond donors (Lipinski definition) is 2. The molecule has 0 saturated heterocycles. The number of benzene rings is 2. The van der Waals surface area contributed by atoms with Gasteiger partial charge in [0.2, 0.25) is 5.91 Å². The first-order chi connectivity index (χ1) is 8.63. The molecule has 0 aliphatic carbocycles. The minimum Gasteiger partial charge on any atom is -0.496 e. The molecule has 0 saturated carbocycles. The molecule has 0 aliphatic rings. The molecule has 94 valence electrons. The zero-order valence-corrected chi connectivity index (χ0v) is 10.2. The SMILES string of the molecule is COc1ccc2ccccc2c1[C@H](N)CC(N)=O. The van der Waals surface area contributed by atoms with Crippen LogP contribution in [-0.4, -0.2) is 13.0 Å². The number of amides is 1. The van der Waals surface area contributed by atoms with Gasteiger partial charge < -0.3 is 16.2 Å². The van der Waals surface area contributed by atoms with Gasteiger partial charge in [-0.1, -0.05) is 30.3 Å². The van der Waals surface area contributed by atoms with Gasteiger partial charge in [0.15, 0.2) is 0 Å². The zero-order chi connectivity index (χ0) is 13.1. The number of fused-ring (bicyclic) bond motifs is 1. The fourth-order valence-corrected chi connectivity index (χ4v) is 2.15. The van der Waals surface area contributed by atoms with E-state index in [1.54, 1.807) is 7.11 Å². The highest BCUT2D eigenvalue weighted by Crippen LogP contribution is 2.33. The third-order valence-corrected chi connectivity index (χ3v) is 2.94. The van der Waals surface area contributed by atoms with Crippen molar-refractivity contribution in [2.45, 2.75) is 12.5 Å². The third-order valence-electron chi connectivity index (χ3n) is 2.94. The highest BCUT2D eigenvalue weighted by atomic mass is 16.5. The third kappa shape index (κ3) is 2.28. The van der Waals surface area contributed by atoms with Gasteiger partial charge in [-0.25, -0.2) is 0 Å². The highest BCUT2D eigenvalue weighted by molar-refractivity contribution is 5.89. The summed E-state index contributed by atoms with van der Waals surface area (Å²) < 4.78 is 5.32. The van der Waals surface area contributed by atoms with E-state index in [0.717, 1.165) is 16.3 Å². The molecule has 0 radical (unpaired) electrons. The first-order valence-electron chi connectivity index (χ1n) is 5.73. The maximum atomic E-state index is 11.0. The van der Waals surface area contributed by atoms with Crippen LogP contribution in [0.3, 0.4) is 0 Å². The molecule has 0 aliphatic heterocycles. The molecule has 2 rings (SSSR count). The number of hydrogen-bond acceptors (Lipinski definition) is 3. The molecular weight excluding hydrogens is 228 g/mol. The van der Waals surface area contributed by atoms with Gasteiger partial charge in [0, 0.05) is 18.0 Å². The Morgan fingerprint density at radius 3 is 2.67 bits per heavy atom. The van der Waals surface area contributed by atoms with E-state index in [1.807, 2.05) is 36.4 Å². The van der Waals surface area contributed by atoms with Crippen molar-refractivity contribution in [2.75, 3.05) is 7.11 Å². The fraction of sp³-hybridized carbons (Fsp3) is 0.214. The van der Waals surface area contributed by atoms with Gasteiger partial charge in [-0.15, -0.1) is 0 Å². The summed E-state index contributed by atoms with van der Waals surface area (Å²) in [5.74, 6) is 0.264. The van der Waals surface area contributed by atoms with Crippen LogP contribution in [0.25, 0.3) is 10.8 Å². The lowest BCUT2D eigenvalue weighted by Crippen LogP contribution is -2.21. The molecule has 1 atom stereocenters. The van der Waals surface area contributed by atoms with Gasteiger partial charge in [-0.3, -0.25) is 4.79 Å². The molecule has 4 nitrogen and oxygen atoms in total. The van der Waals surface area contributed by atoms with E-state index >= 15 is 0 Å². The van der Waals surface area contributed by atoms with Crippen LogP contribution in [0.4, 0.5) is 0 Å². The largest absolute Gasteiger partial charge is 0.496 e. The molecule has 0 aromatic heterocycles. The van der Waals surface area contributed by atoms with Crippen LogP contribution in [0.2, 0.25) is 0 Å². The molecule has 1 amide bonds. The van der Waals surface area contributed by atoms with E-state index in [1.165, 1.54) is 0 Å². The second-order valence-corrected chi connectivity index (χ2v) is 4.18. The number of carbonyl (C=O) groups excluding carboxylic acids is 1. The van der Waals surface area contributed by atoms with Crippen LogP contribution >= 0.6 is 0 Å². The summed E-state index contributed by atoms with van der Waals surface area (Å²) in [6.07, 6.45) is 0.102. The van der Waals surface area contributed by atoms with Crippen molar-refractivity contribution in [3.05, 3.63) is 42.0 Å². The molecule has 18 heavy (non-hydrogen) atoms. The zero-order valence-electron chi connectivity index (χ0n) is 10.2. The molecule has 2 aromatic rings. The predicted molar refractivity (Wildman–Crippen MR) is 71.2 cm³/mol. The number of rotatable bonds is 4. The maximum Gasteiger partial charge on any atom is 0.219 e. The van der Waals surface area contributed by atoms with Crippen molar-refractivity contribution in [3.63, 3.8) is 0 Å². The van der Waals surface area contributed by atoms with Crippen LogP contribution in [-0.2, 0) is 4.79 Å². The standard InChI is InChI=1S/C14H16N2O2/c1-18-12-7-6-9-4-2-3-5-10(9)14(12)11(15)8-13(16)17/h2-7,11H,8,15H2,1H3,(H2,16,17)/t11-/m1/s1. The van der Waals surface area contributed by atoms with Gasteiger partial charge in [0.05, 0.1) is 7.11 Å². The van der Waals surface area contributed by atoms with Crippen LogP contribution in [0.15, 0.2) is 36.4 Å². The van der Waals surface area contributed by atoms with Gasteiger partial charge in [-0.2, -0.15) is 0 Å². The van der Waals surface area contributed by atoms with E-state index in [2.05, 4.69) is 0 Å². The Balaban J connectivity index is 2.60. The lowest BCUT2D eigenvalue weighted by Gasteiger charge is -2.17. The topological polar surface area (TPSA) is 78.3 Å². The summed E-state index contributed by atoms with van der Waals surface area (Å²) >= 11 is 0. The Morgan fingerprint density at radius 2 is 2.00 bits per heavy atom. The van der Waals surface area contributed by atoms with Gasteiger partial charge in [0.25, 0.3) is 0 Å². The highest BCUT2D eigenvalue weighted by Gasteiger charge is 2.17. The molecule has 0 unspecified atom stereocenters. The smallest absolute Gasteiger partial charge is 0.219 e. The molecule has 0 fully saturated rings. The van der Waals surface area contributed by atoms with Crippen LogP contribution in [0, 0.1) is 0 Å². The fourth-order valence-electron chi connectivity index (χ4n) is 2.15. The molecule has 4 heteroatoms. The lowest BCUT2D eigenvalue weighted by molar-refractivity contribution is -0.118. The van der Waals surface area contributed by atoms with E-state index in [4.69, 9.17) is 16.2 Å². The van der Waals surface area contributed by atoms with E-state index in [-0.39, 0.29) is 6.42 Å². The Hall–Kier alpha value is -2.07. The minimum absolute atomic E-state index is 0.102. The maximum absolute atomic E-state index is 11.0. The normalized spacial score (nSPS) is 12.3. The number of primary amides is 1. The number of carbonyl (C=O) groups is 1. The first-order valence-corrected chi connectivity index (χ1v) is 5.73. The second kappa shape index (κ2) is 5.06. The van der Waals surface area contributed by atoms with Crippen LogP contribution in [0.5, 0.6) is 5.75 Å². The summed E-state index contributed by atoms with van der Waals surface area (Å²) in [4.78, 5) is 11.0. The summed E-state index contributed by atoms with van der Waals surface area (Å²) in [6, 6.07) is 11.2. The monoisotopic (exact) mass is 244 g/mol. The van der Waals surface area contributed by atoms with E-state index in [0.29, 0.717) is 5.75 Å². The Morgan fingerprint density at radius 1 is 1.28 bits per heavy atom. The quantitative estimate of drug-likeness (QED) is 0.859. The Kier molecular flexibility index (Phi) is 3.48. The lowest BCUT2D eigenvalue weighted by atomic mass is 9.96. The van der Waals surface area contributed by atoms with Crippen molar-refractivity contribution >= 4 is 16.7 Å². The van der Waals surface area contributed by atoms with Crippen molar-refractivity contribution in [1.29, 1.82) is 0 Å². The average Bonchev–Trinajstić information content (AvgIpc) is 2.36. The predicted octanol–water partition coefficient (Wildman–Crippen LogP) is 1.72. The van der Waals surface area contributed by atoms with Gasteiger partial charge in [-0.05, 0) is 16.8 Å². The Bertz CT molecular complexity index is 581. The molecule has 4 N–H and O–H groups in total. The summed E-state index contributed by atoms with van der Waals surface area (Å²) in [5.41, 5.74) is 12.1.